The quantitative estimate of drug-likeness (QED) is 0.460. The Morgan fingerprint density at radius 2 is 1.17 bits per heavy atom. The lowest BCUT2D eigenvalue weighted by atomic mass is 9.81. The molecule has 0 fully saturated rings. The molecule has 0 saturated carbocycles. The van der Waals surface area contributed by atoms with E-state index in [1.807, 2.05) is 0 Å². The first-order chi connectivity index (χ1) is 10.7. The van der Waals surface area contributed by atoms with Crippen LogP contribution in [0.4, 0.5) is 0 Å². The number of hydrogen-bond donors (Lipinski definition) is 0. The molecule has 0 saturated heterocycles. The molecular formula is C20H40O2Si2. The van der Waals surface area contributed by atoms with Crippen molar-refractivity contribution in [3.8, 4) is 0 Å². The number of rotatable bonds is 7. The Kier molecular flexibility index (Phi) is 6.65. The lowest BCUT2D eigenvalue weighted by molar-refractivity contribution is 0.288. The second-order valence-corrected chi connectivity index (χ2v) is 18.9. The summed E-state index contributed by atoms with van der Waals surface area (Å²) in [5.74, 6) is 4.08. The summed E-state index contributed by atoms with van der Waals surface area (Å²) in [6.07, 6.45) is 0. The van der Waals surface area contributed by atoms with Crippen LogP contribution in [0.25, 0.3) is 0 Å². The minimum atomic E-state index is -1.71. The van der Waals surface area contributed by atoms with Crippen molar-refractivity contribution in [3.05, 3.63) is 22.7 Å². The summed E-state index contributed by atoms with van der Waals surface area (Å²) in [7, 11) is -3.42. The number of hydrogen-bond acceptors (Lipinski definition) is 2. The summed E-state index contributed by atoms with van der Waals surface area (Å²) in [4.78, 5) is 0. The molecule has 0 amide bonds. The van der Waals surface area contributed by atoms with Crippen LogP contribution in [0.5, 0.6) is 0 Å². The third kappa shape index (κ3) is 5.25. The highest BCUT2D eigenvalue weighted by molar-refractivity contribution is 6.70. The van der Waals surface area contributed by atoms with Gasteiger partial charge in [0.25, 0.3) is 0 Å². The molecule has 0 aromatic heterocycles. The van der Waals surface area contributed by atoms with E-state index in [0.717, 1.165) is 11.5 Å². The van der Waals surface area contributed by atoms with Crippen molar-refractivity contribution >= 4 is 16.6 Å². The lowest BCUT2D eigenvalue weighted by Gasteiger charge is -2.31. The summed E-state index contributed by atoms with van der Waals surface area (Å²) >= 11 is 0. The van der Waals surface area contributed by atoms with Gasteiger partial charge in [-0.2, -0.15) is 0 Å². The fourth-order valence-corrected chi connectivity index (χ4v) is 5.19. The van der Waals surface area contributed by atoms with Crippen molar-refractivity contribution in [1.29, 1.82) is 0 Å². The minimum Gasteiger partial charge on any atom is -0.544 e. The molecule has 0 aromatic rings. The van der Waals surface area contributed by atoms with E-state index in [2.05, 4.69) is 80.8 Å². The van der Waals surface area contributed by atoms with Gasteiger partial charge in [0, 0.05) is 5.92 Å². The van der Waals surface area contributed by atoms with Crippen LogP contribution in [0, 0.1) is 23.7 Å². The van der Waals surface area contributed by atoms with Gasteiger partial charge in [0.15, 0.2) is 0 Å². The molecule has 0 N–H and O–H groups in total. The molecule has 24 heavy (non-hydrogen) atoms. The maximum absolute atomic E-state index is 6.67. The molecule has 0 aliphatic heterocycles. The fraction of sp³-hybridized carbons (Fsp3) is 0.800. The van der Waals surface area contributed by atoms with Crippen molar-refractivity contribution < 1.29 is 8.85 Å². The van der Waals surface area contributed by atoms with Crippen molar-refractivity contribution in [2.24, 2.45) is 23.7 Å². The Balaban J connectivity index is 3.63. The molecular weight excluding hydrogens is 328 g/mol. The summed E-state index contributed by atoms with van der Waals surface area (Å²) < 4.78 is 13.3. The van der Waals surface area contributed by atoms with Crippen LogP contribution in [-0.4, -0.2) is 16.6 Å². The normalized spacial score (nSPS) is 20.0. The molecule has 0 heterocycles. The maximum Gasteiger partial charge on any atom is 0.242 e. The van der Waals surface area contributed by atoms with E-state index < -0.39 is 16.6 Å². The SMILES string of the molecule is CC(C)C1=C(C(C)C)C(C(C)C)C(O[Si](C)(C)C)=C1O[Si](C)(C)C. The van der Waals surface area contributed by atoms with Gasteiger partial charge in [0.1, 0.15) is 11.5 Å². The van der Waals surface area contributed by atoms with Gasteiger partial charge in [-0.05, 0) is 68.2 Å². The molecule has 2 nitrogen and oxygen atoms in total. The van der Waals surface area contributed by atoms with E-state index >= 15 is 0 Å². The Morgan fingerprint density at radius 1 is 0.708 bits per heavy atom. The molecule has 4 heteroatoms. The number of allylic oxidation sites excluding steroid dienone is 2. The van der Waals surface area contributed by atoms with Gasteiger partial charge >= 0.3 is 0 Å². The smallest absolute Gasteiger partial charge is 0.242 e. The van der Waals surface area contributed by atoms with E-state index in [1.54, 1.807) is 5.57 Å². The van der Waals surface area contributed by atoms with Gasteiger partial charge in [0.05, 0.1) is 0 Å². The van der Waals surface area contributed by atoms with Gasteiger partial charge in [-0.1, -0.05) is 41.5 Å². The van der Waals surface area contributed by atoms with Crippen LogP contribution in [0.3, 0.4) is 0 Å². The van der Waals surface area contributed by atoms with Crippen molar-refractivity contribution in [3.63, 3.8) is 0 Å². The van der Waals surface area contributed by atoms with Crippen LogP contribution in [0.1, 0.15) is 41.5 Å². The van der Waals surface area contributed by atoms with E-state index in [9.17, 15) is 0 Å². The van der Waals surface area contributed by atoms with Crippen molar-refractivity contribution in [2.75, 3.05) is 0 Å². The average molecular weight is 369 g/mol. The third-order valence-corrected chi connectivity index (χ3v) is 5.74. The highest BCUT2D eigenvalue weighted by atomic mass is 28.4. The fourth-order valence-electron chi connectivity index (χ4n) is 3.49. The molecule has 0 bridgehead atoms. The van der Waals surface area contributed by atoms with Gasteiger partial charge < -0.3 is 8.85 Å². The van der Waals surface area contributed by atoms with Crippen LogP contribution >= 0.6 is 0 Å². The van der Waals surface area contributed by atoms with Crippen molar-refractivity contribution in [1.82, 2.24) is 0 Å². The standard InChI is InChI=1S/C20H40O2Si2/c1-13(2)16-17(14(3)4)19(21-23(7,8)9)20(18(16)15(5)6)22-24(10,11)12/h13-15,17H,1-12H3. The molecule has 1 rings (SSSR count). The largest absolute Gasteiger partial charge is 0.544 e. The van der Waals surface area contributed by atoms with E-state index in [4.69, 9.17) is 8.85 Å². The summed E-state index contributed by atoms with van der Waals surface area (Å²) in [6.45, 7) is 27.5. The predicted octanol–water partition coefficient (Wildman–Crippen LogP) is 6.80. The monoisotopic (exact) mass is 368 g/mol. The molecule has 140 valence electrons. The molecule has 1 aliphatic rings. The van der Waals surface area contributed by atoms with E-state index in [-0.39, 0.29) is 0 Å². The van der Waals surface area contributed by atoms with Crippen LogP contribution in [0.2, 0.25) is 39.3 Å². The van der Waals surface area contributed by atoms with Crippen LogP contribution < -0.4 is 0 Å². The molecule has 0 aromatic carbocycles. The molecule has 0 spiro atoms. The van der Waals surface area contributed by atoms with Gasteiger partial charge in [-0.15, -0.1) is 0 Å². The Bertz CT molecular complexity index is 515. The van der Waals surface area contributed by atoms with Crippen LogP contribution in [-0.2, 0) is 8.85 Å². The average Bonchev–Trinajstić information content (AvgIpc) is 2.59. The third-order valence-electron chi connectivity index (χ3n) is 4.09. The Hall–Kier alpha value is -0.486. The molecule has 1 unspecified atom stereocenters. The van der Waals surface area contributed by atoms with Crippen LogP contribution in [0.15, 0.2) is 22.7 Å². The molecule has 1 aliphatic carbocycles. The molecule has 0 radical (unpaired) electrons. The van der Waals surface area contributed by atoms with E-state index in [0.29, 0.717) is 23.7 Å². The maximum atomic E-state index is 6.67. The highest BCUT2D eigenvalue weighted by Gasteiger charge is 2.42. The Morgan fingerprint density at radius 3 is 1.46 bits per heavy atom. The van der Waals surface area contributed by atoms with E-state index in [1.165, 1.54) is 5.57 Å². The second-order valence-electron chi connectivity index (χ2n) is 10.0. The van der Waals surface area contributed by atoms with Crippen molar-refractivity contribution in [2.45, 2.75) is 80.8 Å². The zero-order chi connectivity index (χ0) is 19.0. The highest BCUT2D eigenvalue weighted by Crippen LogP contribution is 2.49. The zero-order valence-electron chi connectivity index (χ0n) is 18.1. The predicted molar refractivity (Wildman–Crippen MR) is 111 cm³/mol. The summed E-state index contributed by atoms with van der Waals surface area (Å²) in [6, 6.07) is 0. The lowest BCUT2D eigenvalue weighted by Crippen LogP contribution is -2.31. The molecule has 1 atom stereocenters. The zero-order valence-corrected chi connectivity index (χ0v) is 20.1. The van der Waals surface area contributed by atoms with Gasteiger partial charge in [0.2, 0.25) is 16.6 Å². The first kappa shape index (κ1) is 21.6. The van der Waals surface area contributed by atoms with Gasteiger partial charge in [-0.3, -0.25) is 0 Å². The first-order valence-electron chi connectivity index (χ1n) is 9.52. The minimum absolute atomic E-state index is 0.362. The Labute approximate surface area is 153 Å². The van der Waals surface area contributed by atoms with Gasteiger partial charge in [-0.25, -0.2) is 0 Å². The topological polar surface area (TPSA) is 18.5 Å². The summed E-state index contributed by atoms with van der Waals surface area (Å²) in [5.41, 5.74) is 2.96. The summed E-state index contributed by atoms with van der Waals surface area (Å²) in [5, 5.41) is 0. The second kappa shape index (κ2) is 7.40. The first-order valence-corrected chi connectivity index (χ1v) is 16.3.